The third kappa shape index (κ3) is 3.67. The molecule has 8 nitrogen and oxygen atoms in total. The van der Waals surface area contributed by atoms with Crippen LogP contribution < -0.4 is 14.8 Å². The summed E-state index contributed by atoms with van der Waals surface area (Å²) in [4.78, 5) is 32.5. The smallest absolute Gasteiger partial charge is 0.267 e. The number of nitrogens with zero attached hydrogens (tertiary/aromatic N) is 2. The first-order chi connectivity index (χ1) is 14.2. The molecule has 3 aliphatic rings. The normalized spacial score (nSPS) is 22.8. The molecule has 0 bridgehead atoms. The highest BCUT2D eigenvalue weighted by atomic mass is 32.1. The zero-order chi connectivity index (χ0) is 19.8. The van der Waals surface area contributed by atoms with Gasteiger partial charge in [-0.25, -0.2) is 4.98 Å². The molecule has 5 rings (SSSR count). The maximum atomic E-state index is 13.0. The zero-order valence-electron chi connectivity index (χ0n) is 15.8. The number of rotatable bonds is 3. The molecule has 3 aliphatic heterocycles. The molecule has 2 unspecified atom stereocenters. The van der Waals surface area contributed by atoms with E-state index in [2.05, 4.69) is 10.3 Å². The second-order valence-electron chi connectivity index (χ2n) is 7.25. The molecule has 0 radical (unpaired) electrons. The van der Waals surface area contributed by atoms with Crippen molar-refractivity contribution in [2.45, 2.75) is 38.0 Å². The maximum Gasteiger partial charge on any atom is 0.267 e. The molecule has 4 heterocycles. The summed E-state index contributed by atoms with van der Waals surface area (Å²) >= 11 is 1.41. The largest absolute Gasteiger partial charge is 0.485 e. The Labute approximate surface area is 171 Å². The predicted molar refractivity (Wildman–Crippen MR) is 105 cm³/mol. The summed E-state index contributed by atoms with van der Waals surface area (Å²) in [6, 6.07) is 7.35. The number of ether oxygens (including phenoxy) is 3. The molecule has 0 saturated carbocycles. The monoisotopic (exact) mass is 415 g/mol. The number of hydrogen-bond acceptors (Lipinski definition) is 7. The van der Waals surface area contributed by atoms with E-state index in [9.17, 15) is 9.59 Å². The molecule has 152 valence electrons. The molecule has 2 aromatic rings. The van der Waals surface area contributed by atoms with Crippen molar-refractivity contribution in [1.29, 1.82) is 0 Å². The minimum absolute atomic E-state index is 0.0940. The molecule has 2 amide bonds. The van der Waals surface area contributed by atoms with E-state index in [1.165, 1.54) is 11.3 Å². The SMILES string of the molecule is O=C(Nc1nc2c(s1)CN(C(=O)C1COc3ccccc3O1)CC2)C1CCCO1. The van der Waals surface area contributed by atoms with Crippen LogP contribution in [-0.4, -0.2) is 53.7 Å². The van der Waals surface area contributed by atoms with Gasteiger partial charge < -0.3 is 19.1 Å². The van der Waals surface area contributed by atoms with Crippen LogP contribution in [0.15, 0.2) is 24.3 Å². The molecule has 1 N–H and O–H groups in total. The van der Waals surface area contributed by atoms with Crippen molar-refractivity contribution >= 4 is 28.3 Å². The number of hydrogen-bond donors (Lipinski definition) is 1. The number of carbonyl (C=O) groups is 2. The second-order valence-corrected chi connectivity index (χ2v) is 8.34. The summed E-state index contributed by atoms with van der Waals surface area (Å²) in [6.45, 7) is 1.85. The number of amides is 2. The fraction of sp³-hybridized carbons (Fsp3) is 0.450. The van der Waals surface area contributed by atoms with Gasteiger partial charge in [0.15, 0.2) is 16.6 Å². The molecule has 1 saturated heterocycles. The lowest BCUT2D eigenvalue weighted by atomic mass is 10.1. The van der Waals surface area contributed by atoms with Crippen LogP contribution in [0.25, 0.3) is 0 Å². The molecular formula is C20H21N3O5S. The number of anilines is 1. The van der Waals surface area contributed by atoms with Gasteiger partial charge in [0.25, 0.3) is 11.8 Å². The molecule has 0 aliphatic carbocycles. The summed E-state index contributed by atoms with van der Waals surface area (Å²) in [5.41, 5.74) is 0.938. The molecule has 29 heavy (non-hydrogen) atoms. The number of thiazole rings is 1. The van der Waals surface area contributed by atoms with Crippen molar-refractivity contribution in [3.63, 3.8) is 0 Å². The van der Waals surface area contributed by atoms with Gasteiger partial charge in [-0.1, -0.05) is 23.5 Å². The van der Waals surface area contributed by atoms with Crippen LogP contribution in [0.5, 0.6) is 11.5 Å². The molecular weight excluding hydrogens is 394 g/mol. The fourth-order valence-electron chi connectivity index (χ4n) is 3.75. The van der Waals surface area contributed by atoms with Crippen LogP contribution in [0.2, 0.25) is 0 Å². The first-order valence-electron chi connectivity index (χ1n) is 9.76. The molecule has 1 aromatic carbocycles. The van der Waals surface area contributed by atoms with Crippen molar-refractivity contribution < 1.29 is 23.8 Å². The molecule has 0 spiro atoms. The topological polar surface area (TPSA) is 90.0 Å². The lowest BCUT2D eigenvalue weighted by Crippen LogP contribution is -2.47. The quantitative estimate of drug-likeness (QED) is 0.825. The van der Waals surface area contributed by atoms with Crippen molar-refractivity contribution in [3.8, 4) is 11.5 Å². The summed E-state index contributed by atoms with van der Waals surface area (Å²) in [5.74, 6) is 1.01. The minimum atomic E-state index is -0.655. The van der Waals surface area contributed by atoms with Crippen molar-refractivity contribution in [1.82, 2.24) is 9.88 Å². The molecule has 1 fully saturated rings. The highest BCUT2D eigenvalue weighted by molar-refractivity contribution is 7.15. The lowest BCUT2D eigenvalue weighted by Gasteiger charge is -2.32. The molecule has 1 aromatic heterocycles. The lowest BCUT2D eigenvalue weighted by molar-refractivity contribution is -0.142. The van der Waals surface area contributed by atoms with E-state index in [0.717, 1.165) is 23.4 Å². The minimum Gasteiger partial charge on any atom is -0.485 e. The van der Waals surface area contributed by atoms with Gasteiger partial charge in [0.2, 0.25) is 6.10 Å². The van der Waals surface area contributed by atoms with E-state index in [0.29, 0.717) is 42.7 Å². The zero-order valence-corrected chi connectivity index (χ0v) is 16.6. The van der Waals surface area contributed by atoms with E-state index in [1.807, 2.05) is 18.2 Å². The number of aromatic nitrogens is 1. The highest BCUT2D eigenvalue weighted by Gasteiger charge is 2.34. The van der Waals surface area contributed by atoms with Crippen molar-refractivity contribution in [3.05, 3.63) is 34.8 Å². The van der Waals surface area contributed by atoms with Gasteiger partial charge in [0.05, 0.1) is 12.2 Å². The first-order valence-corrected chi connectivity index (χ1v) is 10.6. The Bertz CT molecular complexity index is 940. The van der Waals surface area contributed by atoms with E-state index in [4.69, 9.17) is 14.2 Å². The Kier molecular flexibility index (Phi) is 4.84. The van der Waals surface area contributed by atoms with Crippen molar-refractivity contribution in [2.75, 3.05) is 25.1 Å². The Morgan fingerprint density at radius 1 is 1.21 bits per heavy atom. The summed E-state index contributed by atoms with van der Waals surface area (Å²) in [5, 5.41) is 3.42. The number of fused-ring (bicyclic) bond motifs is 2. The van der Waals surface area contributed by atoms with E-state index < -0.39 is 6.10 Å². The van der Waals surface area contributed by atoms with Crippen LogP contribution in [-0.2, 0) is 27.3 Å². The Morgan fingerprint density at radius 2 is 2.07 bits per heavy atom. The van der Waals surface area contributed by atoms with E-state index in [1.54, 1.807) is 11.0 Å². The number of para-hydroxylation sites is 2. The van der Waals surface area contributed by atoms with Crippen LogP contribution >= 0.6 is 11.3 Å². The van der Waals surface area contributed by atoms with Gasteiger partial charge in [-0.15, -0.1) is 0 Å². The van der Waals surface area contributed by atoms with Crippen molar-refractivity contribution in [2.24, 2.45) is 0 Å². The Hall–Kier alpha value is -2.65. The number of benzene rings is 1. The fourth-order valence-corrected chi connectivity index (χ4v) is 4.78. The maximum absolute atomic E-state index is 13.0. The second kappa shape index (κ2) is 7.64. The van der Waals surface area contributed by atoms with Gasteiger partial charge in [-0.2, -0.15) is 0 Å². The summed E-state index contributed by atoms with van der Waals surface area (Å²) in [6.07, 6.45) is 1.25. The third-order valence-corrected chi connectivity index (χ3v) is 6.28. The van der Waals surface area contributed by atoms with Gasteiger partial charge in [0.1, 0.15) is 12.7 Å². The molecule has 9 heteroatoms. The van der Waals surface area contributed by atoms with Gasteiger partial charge in [-0.05, 0) is 25.0 Å². The molecule has 2 atom stereocenters. The highest BCUT2D eigenvalue weighted by Crippen LogP contribution is 2.33. The standard InChI is InChI=1S/C20H21N3O5S/c24-18(15-6-3-9-26-15)22-20-21-12-7-8-23(10-17(12)29-20)19(25)16-11-27-13-4-1-2-5-14(13)28-16/h1-2,4-5,15-16H,3,6-11H2,(H,21,22,24). The van der Waals surface area contributed by atoms with Crippen LogP contribution in [0.4, 0.5) is 5.13 Å². The number of carbonyl (C=O) groups excluding carboxylic acids is 2. The van der Waals surface area contributed by atoms with Crippen LogP contribution in [0, 0.1) is 0 Å². The average molecular weight is 415 g/mol. The average Bonchev–Trinajstić information content (AvgIpc) is 3.42. The van der Waals surface area contributed by atoms with E-state index >= 15 is 0 Å². The summed E-state index contributed by atoms with van der Waals surface area (Å²) < 4.78 is 16.9. The first kappa shape index (κ1) is 18.4. The summed E-state index contributed by atoms with van der Waals surface area (Å²) in [7, 11) is 0. The number of nitrogens with one attached hydrogen (secondary N) is 1. The van der Waals surface area contributed by atoms with Gasteiger partial charge in [0, 0.05) is 24.4 Å². The van der Waals surface area contributed by atoms with Gasteiger partial charge in [-0.3, -0.25) is 14.9 Å². The van der Waals surface area contributed by atoms with Crippen LogP contribution in [0.1, 0.15) is 23.4 Å². The predicted octanol–water partition coefficient (Wildman–Crippen LogP) is 1.99. The van der Waals surface area contributed by atoms with Crippen LogP contribution in [0.3, 0.4) is 0 Å². The third-order valence-electron chi connectivity index (χ3n) is 5.28. The van der Waals surface area contributed by atoms with E-state index in [-0.39, 0.29) is 24.5 Å². The van der Waals surface area contributed by atoms with Gasteiger partial charge >= 0.3 is 0 Å². The Morgan fingerprint density at radius 3 is 2.90 bits per heavy atom. The Balaban J connectivity index is 1.23.